The second-order valence-corrected chi connectivity index (χ2v) is 5.58. The van der Waals surface area contributed by atoms with Crippen LogP contribution in [0.5, 0.6) is 0 Å². The van der Waals surface area contributed by atoms with E-state index < -0.39 is 17.2 Å². The van der Waals surface area contributed by atoms with Crippen molar-refractivity contribution in [1.29, 1.82) is 0 Å². The number of hydrogen-bond donors (Lipinski definition) is 2. The normalized spacial score (nSPS) is 12.3. The zero-order chi connectivity index (χ0) is 14.0. The Balaban J connectivity index is 2.79. The van der Waals surface area contributed by atoms with Gasteiger partial charge in [-0.25, -0.2) is 9.78 Å². The summed E-state index contributed by atoms with van der Waals surface area (Å²) < 4.78 is 10.5. The first-order valence-corrected chi connectivity index (χ1v) is 5.80. The van der Waals surface area contributed by atoms with Crippen LogP contribution in [0.4, 0.5) is 4.79 Å². The van der Waals surface area contributed by atoms with Gasteiger partial charge in [0.05, 0.1) is 11.2 Å². The van der Waals surface area contributed by atoms with Crippen LogP contribution in [0.25, 0.3) is 0 Å². The van der Waals surface area contributed by atoms with E-state index in [9.17, 15) is 4.79 Å². The summed E-state index contributed by atoms with van der Waals surface area (Å²) in [6, 6.07) is 0. The highest BCUT2D eigenvalue weighted by atomic mass is 16.6. The first-order valence-electron chi connectivity index (χ1n) is 5.80. The number of oxazole rings is 1. The molecule has 1 aromatic rings. The van der Waals surface area contributed by atoms with E-state index in [4.69, 9.17) is 14.9 Å². The Morgan fingerprint density at radius 1 is 1.44 bits per heavy atom. The van der Waals surface area contributed by atoms with Crippen LogP contribution in [0, 0.1) is 0 Å². The molecular weight excluding hydrogens is 234 g/mol. The number of alkyl carbamates (subject to hydrolysis) is 1. The number of carbonyl (C=O) groups excluding carboxylic acids is 1. The van der Waals surface area contributed by atoms with Crippen LogP contribution < -0.4 is 11.1 Å². The largest absolute Gasteiger partial charge is 0.446 e. The summed E-state index contributed by atoms with van der Waals surface area (Å²) in [5.41, 5.74) is 4.91. The molecule has 0 fully saturated rings. The molecule has 0 aliphatic heterocycles. The molecule has 1 amide bonds. The quantitative estimate of drug-likeness (QED) is 0.860. The van der Waals surface area contributed by atoms with Gasteiger partial charge in [-0.3, -0.25) is 0 Å². The molecule has 1 rings (SSSR count). The van der Waals surface area contributed by atoms with E-state index in [-0.39, 0.29) is 6.54 Å². The standard InChI is InChI=1S/C12H21N3O3/c1-11(2,3)18-10(16)15-12(4,5)9-8(6-13)14-7-17-9/h7H,6,13H2,1-5H3,(H,15,16). The van der Waals surface area contributed by atoms with Crippen molar-refractivity contribution in [2.24, 2.45) is 5.73 Å². The molecule has 0 aliphatic carbocycles. The smallest absolute Gasteiger partial charge is 0.408 e. The van der Waals surface area contributed by atoms with Crippen LogP contribution in [0.3, 0.4) is 0 Å². The predicted molar refractivity (Wildman–Crippen MR) is 66.8 cm³/mol. The third kappa shape index (κ3) is 3.73. The van der Waals surface area contributed by atoms with Crippen molar-refractivity contribution in [3.05, 3.63) is 17.8 Å². The molecule has 18 heavy (non-hydrogen) atoms. The van der Waals surface area contributed by atoms with Gasteiger partial charge in [0.2, 0.25) is 0 Å². The lowest BCUT2D eigenvalue weighted by molar-refractivity contribution is 0.0458. The molecule has 0 spiro atoms. The Bertz CT molecular complexity index is 418. The molecule has 1 heterocycles. The topological polar surface area (TPSA) is 90.4 Å². The summed E-state index contributed by atoms with van der Waals surface area (Å²) in [7, 11) is 0. The number of amides is 1. The number of hydrogen-bond acceptors (Lipinski definition) is 5. The van der Waals surface area contributed by atoms with Gasteiger partial charge in [0, 0.05) is 6.54 Å². The van der Waals surface area contributed by atoms with Crippen LogP contribution in [0.15, 0.2) is 10.8 Å². The summed E-state index contributed by atoms with van der Waals surface area (Å²) >= 11 is 0. The lowest BCUT2D eigenvalue weighted by Crippen LogP contribution is -2.44. The summed E-state index contributed by atoms with van der Waals surface area (Å²) in [6.07, 6.45) is 0.808. The molecule has 6 heteroatoms. The third-order valence-corrected chi connectivity index (χ3v) is 2.22. The molecular formula is C12H21N3O3. The second kappa shape index (κ2) is 4.97. The highest BCUT2D eigenvalue weighted by Crippen LogP contribution is 2.23. The zero-order valence-corrected chi connectivity index (χ0v) is 11.5. The molecule has 102 valence electrons. The van der Waals surface area contributed by atoms with Crippen LogP contribution in [-0.2, 0) is 16.8 Å². The van der Waals surface area contributed by atoms with E-state index in [1.54, 1.807) is 34.6 Å². The van der Waals surface area contributed by atoms with Gasteiger partial charge in [0.15, 0.2) is 12.2 Å². The van der Waals surface area contributed by atoms with E-state index in [0.29, 0.717) is 11.5 Å². The van der Waals surface area contributed by atoms with Gasteiger partial charge in [-0.1, -0.05) is 0 Å². The van der Waals surface area contributed by atoms with Gasteiger partial charge >= 0.3 is 6.09 Å². The van der Waals surface area contributed by atoms with Crippen molar-refractivity contribution < 1.29 is 13.9 Å². The second-order valence-electron chi connectivity index (χ2n) is 5.58. The maximum absolute atomic E-state index is 11.7. The minimum atomic E-state index is -0.729. The Morgan fingerprint density at radius 2 is 2.06 bits per heavy atom. The van der Waals surface area contributed by atoms with Crippen molar-refractivity contribution in [3.63, 3.8) is 0 Å². The summed E-state index contributed by atoms with van der Waals surface area (Å²) in [6.45, 7) is 9.27. The van der Waals surface area contributed by atoms with Gasteiger partial charge in [-0.05, 0) is 34.6 Å². The fourth-order valence-electron chi connectivity index (χ4n) is 1.54. The number of rotatable bonds is 3. The lowest BCUT2D eigenvalue weighted by atomic mass is 10.0. The Labute approximate surface area is 107 Å². The van der Waals surface area contributed by atoms with Gasteiger partial charge in [-0.2, -0.15) is 0 Å². The van der Waals surface area contributed by atoms with Gasteiger partial charge in [-0.15, -0.1) is 0 Å². The molecule has 0 unspecified atom stereocenters. The number of ether oxygens (including phenoxy) is 1. The molecule has 0 saturated carbocycles. The highest BCUT2D eigenvalue weighted by Gasteiger charge is 2.31. The minimum absolute atomic E-state index is 0.255. The predicted octanol–water partition coefficient (Wildman–Crippen LogP) is 1.89. The van der Waals surface area contributed by atoms with Gasteiger partial charge in [0.1, 0.15) is 5.60 Å². The van der Waals surface area contributed by atoms with E-state index in [1.807, 2.05) is 0 Å². The fraction of sp³-hybridized carbons (Fsp3) is 0.667. The van der Waals surface area contributed by atoms with Crippen molar-refractivity contribution in [2.45, 2.75) is 52.3 Å². The molecule has 0 aromatic carbocycles. The lowest BCUT2D eigenvalue weighted by Gasteiger charge is -2.27. The van der Waals surface area contributed by atoms with Crippen molar-refractivity contribution in [3.8, 4) is 0 Å². The average Bonchev–Trinajstić information content (AvgIpc) is 2.61. The Hall–Kier alpha value is -1.56. The van der Waals surface area contributed by atoms with Crippen molar-refractivity contribution in [2.75, 3.05) is 0 Å². The minimum Gasteiger partial charge on any atom is -0.446 e. The highest BCUT2D eigenvalue weighted by molar-refractivity contribution is 5.68. The van der Waals surface area contributed by atoms with Gasteiger partial charge < -0.3 is 20.2 Å². The monoisotopic (exact) mass is 255 g/mol. The van der Waals surface area contributed by atoms with E-state index in [2.05, 4.69) is 10.3 Å². The van der Waals surface area contributed by atoms with Crippen LogP contribution in [-0.4, -0.2) is 16.7 Å². The van der Waals surface area contributed by atoms with Gasteiger partial charge in [0.25, 0.3) is 0 Å². The number of nitrogens with zero attached hydrogens (tertiary/aromatic N) is 1. The number of aromatic nitrogens is 1. The SMILES string of the molecule is CC(C)(C)OC(=O)NC(C)(C)c1ocnc1CN. The summed E-state index contributed by atoms with van der Waals surface area (Å²) in [5.74, 6) is 0.538. The molecule has 0 radical (unpaired) electrons. The van der Waals surface area contributed by atoms with E-state index >= 15 is 0 Å². The molecule has 0 saturated heterocycles. The first kappa shape index (κ1) is 14.5. The Morgan fingerprint density at radius 3 is 2.56 bits per heavy atom. The van der Waals surface area contributed by atoms with Crippen molar-refractivity contribution >= 4 is 6.09 Å². The Kier molecular flexibility index (Phi) is 4.01. The number of nitrogens with two attached hydrogens (primary N) is 1. The molecule has 3 N–H and O–H groups in total. The first-order chi connectivity index (χ1) is 8.15. The molecule has 6 nitrogen and oxygen atoms in total. The maximum Gasteiger partial charge on any atom is 0.408 e. The molecule has 0 atom stereocenters. The number of nitrogens with one attached hydrogen (secondary N) is 1. The summed E-state index contributed by atoms with van der Waals surface area (Å²) in [4.78, 5) is 15.7. The van der Waals surface area contributed by atoms with E-state index in [0.717, 1.165) is 0 Å². The van der Waals surface area contributed by atoms with Crippen molar-refractivity contribution in [1.82, 2.24) is 10.3 Å². The summed E-state index contributed by atoms with van der Waals surface area (Å²) in [5, 5.41) is 2.74. The van der Waals surface area contributed by atoms with Crippen LogP contribution >= 0.6 is 0 Å². The van der Waals surface area contributed by atoms with Crippen LogP contribution in [0.1, 0.15) is 46.1 Å². The third-order valence-electron chi connectivity index (χ3n) is 2.22. The zero-order valence-electron chi connectivity index (χ0n) is 11.5. The average molecular weight is 255 g/mol. The number of carbonyl (C=O) groups is 1. The maximum atomic E-state index is 11.7. The van der Waals surface area contributed by atoms with E-state index in [1.165, 1.54) is 6.39 Å². The van der Waals surface area contributed by atoms with Crippen LogP contribution in [0.2, 0.25) is 0 Å². The molecule has 0 bridgehead atoms. The molecule has 1 aromatic heterocycles. The fourth-order valence-corrected chi connectivity index (χ4v) is 1.54. The molecule has 0 aliphatic rings.